The molecule has 0 radical (unpaired) electrons. The summed E-state index contributed by atoms with van der Waals surface area (Å²) in [5.41, 5.74) is 3.13. The molecule has 0 unspecified atom stereocenters. The van der Waals surface area contributed by atoms with Gasteiger partial charge in [0.1, 0.15) is 0 Å². The Morgan fingerprint density at radius 2 is 1.70 bits per heavy atom. The Hall–Kier alpha value is -3.42. The molecule has 0 bridgehead atoms. The Kier molecular flexibility index (Phi) is 5.98. The van der Waals surface area contributed by atoms with Gasteiger partial charge in [0.15, 0.2) is 0 Å². The highest BCUT2D eigenvalue weighted by Gasteiger charge is 2.29. The molecule has 3 aromatic rings. The molecule has 8 heteroatoms. The van der Waals surface area contributed by atoms with Crippen molar-refractivity contribution >= 4 is 23.0 Å². The van der Waals surface area contributed by atoms with Gasteiger partial charge >= 0.3 is 6.03 Å². The first kappa shape index (κ1) is 21.4. The molecule has 1 aliphatic carbocycles. The quantitative estimate of drug-likeness (QED) is 0.655. The average molecular weight is 448 g/mol. The number of benzene rings is 1. The van der Waals surface area contributed by atoms with Crippen molar-refractivity contribution in [1.82, 2.24) is 25.3 Å². The van der Waals surface area contributed by atoms with Gasteiger partial charge in [-0.05, 0) is 25.8 Å². The lowest BCUT2D eigenvalue weighted by molar-refractivity contribution is 0.0664. The Labute approximate surface area is 192 Å². The van der Waals surface area contributed by atoms with Crippen molar-refractivity contribution < 1.29 is 14.1 Å². The summed E-state index contributed by atoms with van der Waals surface area (Å²) in [5.74, 6) is -0.0850. The third kappa shape index (κ3) is 4.42. The van der Waals surface area contributed by atoms with E-state index in [0.717, 1.165) is 18.4 Å². The van der Waals surface area contributed by atoms with Crippen LogP contribution in [0.4, 0.5) is 4.79 Å². The Balaban J connectivity index is 1.32. The third-order valence-corrected chi connectivity index (χ3v) is 6.70. The molecule has 33 heavy (non-hydrogen) atoms. The van der Waals surface area contributed by atoms with E-state index in [9.17, 15) is 9.59 Å². The molecule has 8 nitrogen and oxygen atoms in total. The van der Waals surface area contributed by atoms with Crippen molar-refractivity contribution in [2.24, 2.45) is 0 Å². The molecule has 1 saturated heterocycles. The van der Waals surface area contributed by atoms with E-state index in [1.807, 2.05) is 48.2 Å². The van der Waals surface area contributed by atoms with Crippen LogP contribution in [-0.2, 0) is 0 Å². The minimum Gasteiger partial charge on any atom is -0.335 e. The molecule has 2 aliphatic rings. The van der Waals surface area contributed by atoms with Crippen molar-refractivity contribution in [3.63, 3.8) is 0 Å². The van der Waals surface area contributed by atoms with Gasteiger partial charge in [-0.3, -0.25) is 4.79 Å². The maximum absolute atomic E-state index is 13.6. The number of hydrogen-bond acceptors (Lipinski definition) is 5. The number of hydrogen-bond donors (Lipinski definition) is 1. The van der Waals surface area contributed by atoms with Crippen LogP contribution in [0.1, 0.15) is 48.2 Å². The Morgan fingerprint density at radius 3 is 2.42 bits per heavy atom. The van der Waals surface area contributed by atoms with E-state index < -0.39 is 0 Å². The summed E-state index contributed by atoms with van der Waals surface area (Å²) in [6.07, 6.45) is 5.74. The fourth-order valence-corrected chi connectivity index (χ4v) is 4.82. The normalized spacial score (nSPS) is 17.4. The van der Waals surface area contributed by atoms with Crippen LogP contribution >= 0.6 is 0 Å². The fourth-order valence-electron chi connectivity index (χ4n) is 4.82. The van der Waals surface area contributed by atoms with Crippen LogP contribution in [0.15, 0.2) is 40.9 Å². The number of aryl methyl sites for hydroxylation is 1. The van der Waals surface area contributed by atoms with Crippen molar-refractivity contribution in [3.8, 4) is 11.3 Å². The number of carbonyl (C=O) groups excluding carboxylic acids is 2. The van der Waals surface area contributed by atoms with Crippen LogP contribution in [0.3, 0.4) is 0 Å². The molecule has 2 fully saturated rings. The predicted molar refractivity (Wildman–Crippen MR) is 125 cm³/mol. The summed E-state index contributed by atoms with van der Waals surface area (Å²) in [4.78, 5) is 34.4. The third-order valence-electron chi connectivity index (χ3n) is 6.70. The molecule has 1 saturated carbocycles. The first-order valence-electron chi connectivity index (χ1n) is 11.8. The zero-order chi connectivity index (χ0) is 22.8. The van der Waals surface area contributed by atoms with E-state index in [2.05, 4.69) is 15.5 Å². The minimum absolute atomic E-state index is 0.0125. The number of fused-ring (bicyclic) bond motifs is 1. The fraction of sp³-hybridized carbons (Fsp3) is 0.440. The molecule has 0 spiro atoms. The van der Waals surface area contributed by atoms with Gasteiger partial charge in [-0.2, -0.15) is 0 Å². The Morgan fingerprint density at radius 1 is 1.00 bits per heavy atom. The summed E-state index contributed by atoms with van der Waals surface area (Å²) in [6, 6.07) is 11.8. The largest absolute Gasteiger partial charge is 0.335 e. The lowest BCUT2D eigenvalue weighted by atomic mass is 9.96. The van der Waals surface area contributed by atoms with Gasteiger partial charge < -0.3 is 19.6 Å². The monoisotopic (exact) mass is 447 g/mol. The van der Waals surface area contributed by atoms with Crippen molar-refractivity contribution in [3.05, 3.63) is 47.7 Å². The number of carbonyl (C=O) groups is 2. The van der Waals surface area contributed by atoms with Crippen LogP contribution in [0.5, 0.6) is 0 Å². The zero-order valence-corrected chi connectivity index (χ0v) is 18.9. The van der Waals surface area contributed by atoms with Crippen molar-refractivity contribution in [1.29, 1.82) is 0 Å². The van der Waals surface area contributed by atoms with E-state index in [0.29, 0.717) is 54.2 Å². The van der Waals surface area contributed by atoms with Crippen molar-refractivity contribution in [2.45, 2.75) is 45.1 Å². The smallest absolute Gasteiger partial charge is 0.317 e. The van der Waals surface area contributed by atoms with E-state index in [1.54, 1.807) is 4.90 Å². The predicted octanol–water partition coefficient (Wildman–Crippen LogP) is 4.00. The SMILES string of the molecule is Cc1noc2nc(-c3ccccc3)cc(C(=O)N3CCN(C(=O)NC4CCCCC4)CC3)c12. The van der Waals surface area contributed by atoms with E-state index in [-0.39, 0.29) is 18.0 Å². The summed E-state index contributed by atoms with van der Waals surface area (Å²) >= 11 is 0. The van der Waals surface area contributed by atoms with E-state index in [1.165, 1.54) is 19.3 Å². The Bertz CT molecular complexity index is 1150. The van der Waals surface area contributed by atoms with Gasteiger partial charge in [-0.1, -0.05) is 54.8 Å². The van der Waals surface area contributed by atoms with Crippen LogP contribution in [-0.4, -0.2) is 64.1 Å². The van der Waals surface area contributed by atoms with Crippen LogP contribution in [0.2, 0.25) is 0 Å². The second-order valence-corrected chi connectivity index (χ2v) is 8.93. The molecule has 1 aromatic carbocycles. The number of urea groups is 1. The first-order chi connectivity index (χ1) is 16.1. The maximum Gasteiger partial charge on any atom is 0.317 e. The first-order valence-corrected chi connectivity index (χ1v) is 11.8. The van der Waals surface area contributed by atoms with Gasteiger partial charge in [0, 0.05) is 37.8 Å². The van der Waals surface area contributed by atoms with Gasteiger partial charge in [0.25, 0.3) is 11.6 Å². The molecule has 172 valence electrons. The number of amides is 3. The molecular formula is C25H29N5O3. The summed E-state index contributed by atoms with van der Waals surface area (Å²) in [7, 11) is 0. The number of nitrogens with one attached hydrogen (secondary N) is 1. The van der Waals surface area contributed by atoms with Gasteiger partial charge in [-0.15, -0.1) is 0 Å². The molecular weight excluding hydrogens is 418 g/mol. The molecule has 1 N–H and O–H groups in total. The topological polar surface area (TPSA) is 91.6 Å². The minimum atomic E-state index is -0.0850. The molecule has 2 aromatic heterocycles. The van der Waals surface area contributed by atoms with Crippen molar-refractivity contribution in [2.75, 3.05) is 26.2 Å². The van der Waals surface area contributed by atoms with Crippen LogP contribution in [0, 0.1) is 6.92 Å². The van der Waals surface area contributed by atoms with E-state index >= 15 is 0 Å². The summed E-state index contributed by atoms with van der Waals surface area (Å²) in [5, 5.41) is 7.86. The number of rotatable bonds is 3. The lowest BCUT2D eigenvalue weighted by Crippen LogP contribution is -2.54. The second kappa shape index (κ2) is 9.21. The van der Waals surface area contributed by atoms with Crippen LogP contribution < -0.4 is 5.32 Å². The number of piperazine rings is 1. The van der Waals surface area contributed by atoms with Gasteiger partial charge in [0.05, 0.1) is 22.3 Å². The summed E-state index contributed by atoms with van der Waals surface area (Å²) < 4.78 is 5.42. The highest BCUT2D eigenvalue weighted by molar-refractivity contribution is 6.07. The van der Waals surface area contributed by atoms with E-state index in [4.69, 9.17) is 4.52 Å². The van der Waals surface area contributed by atoms with Gasteiger partial charge in [0.2, 0.25) is 0 Å². The van der Waals surface area contributed by atoms with Gasteiger partial charge in [-0.25, -0.2) is 9.78 Å². The molecule has 3 amide bonds. The highest BCUT2D eigenvalue weighted by atomic mass is 16.5. The standard InChI is InChI=1S/C25H29N5O3/c1-17-22-20(16-21(27-23(22)33-28-17)18-8-4-2-5-9-18)24(31)29-12-14-30(15-13-29)25(32)26-19-10-6-3-7-11-19/h2,4-5,8-9,16,19H,3,6-7,10-15H2,1H3,(H,26,32). The second-order valence-electron chi connectivity index (χ2n) is 8.93. The average Bonchev–Trinajstić information content (AvgIpc) is 3.25. The van der Waals surface area contributed by atoms with Crippen LogP contribution in [0.25, 0.3) is 22.4 Å². The molecule has 3 heterocycles. The molecule has 5 rings (SSSR count). The molecule has 1 aliphatic heterocycles. The molecule has 0 atom stereocenters. The lowest BCUT2D eigenvalue weighted by Gasteiger charge is -2.36. The number of aromatic nitrogens is 2. The summed E-state index contributed by atoms with van der Waals surface area (Å²) in [6.45, 7) is 3.84. The highest BCUT2D eigenvalue weighted by Crippen LogP contribution is 2.28. The number of pyridine rings is 1. The zero-order valence-electron chi connectivity index (χ0n) is 18.9. The number of nitrogens with zero attached hydrogens (tertiary/aromatic N) is 4. The maximum atomic E-state index is 13.6.